The van der Waals surface area contributed by atoms with Gasteiger partial charge in [-0.15, -0.1) is 23.2 Å². The van der Waals surface area contributed by atoms with E-state index in [0.29, 0.717) is 5.69 Å². The Morgan fingerprint density at radius 3 is 1.70 bits per heavy atom. The molecule has 5 nitrogen and oxygen atoms in total. The van der Waals surface area contributed by atoms with Gasteiger partial charge >= 0.3 is 0 Å². The van der Waals surface area contributed by atoms with Gasteiger partial charge in [-0.25, -0.2) is 0 Å². The van der Waals surface area contributed by atoms with Gasteiger partial charge in [-0.3, -0.25) is 19.3 Å². The van der Waals surface area contributed by atoms with Crippen molar-refractivity contribution in [3.63, 3.8) is 0 Å². The van der Waals surface area contributed by atoms with Crippen LogP contribution in [0.5, 0.6) is 0 Å². The zero-order valence-corrected chi connectivity index (χ0v) is 23.4. The standard InChI is InChI=1S/C29H23BrCl2N2O3/c1-14-15(2)22(13-12-21(14)30)33-25(35)16(3)34-26(36)23-24(27(34)37)29(32)18-9-5-4-8-17(18)28(23,31)19-10-6-7-11-20(19)29/h4-13,16,23-24H,1-3H3,(H,33,35)/t16-,23+,24+,28?,29?/m0/s1. The summed E-state index contributed by atoms with van der Waals surface area (Å²) in [6, 6.07) is 17.5. The number of nitrogens with one attached hydrogen (secondary N) is 1. The summed E-state index contributed by atoms with van der Waals surface area (Å²) in [5.41, 5.74) is 5.42. The van der Waals surface area contributed by atoms with Gasteiger partial charge in [0, 0.05) is 10.2 Å². The summed E-state index contributed by atoms with van der Waals surface area (Å²) in [6.45, 7) is 5.41. The molecule has 0 aromatic heterocycles. The lowest BCUT2D eigenvalue weighted by molar-refractivity contribution is -0.146. The molecule has 1 aliphatic heterocycles. The highest BCUT2D eigenvalue weighted by atomic mass is 79.9. The minimum Gasteiger partial charge on any atom is -0.324 e. The summed E-state index contributed by atoms with van der Waals surface area (Å²) in [4.78, 5) is 40.0. The van der Waals surface area contributed by atoms with Gasteiger partial charge in [0.25, 0.3) is 0 Å². The van der Waals surface area contributed by atoms with Crippen molar-refractivity contribution in [1.82, 2.24) is 4.90 Å². The Balaban J connectivity index is 1.43. The lowest BCUT2D eigenvalue weighted by atomic mass is 9.54. The predicted molar refractivity (Wildman–Crippen MR) is 147 cm³/mol. The molecule has 0 spiro atoms. The maximum absolute atomic E-state index is 14.0. The summed E-state index contributed by atoms with van der Waals surface area (Å²) in [6.07, 6.45) is 0. The summed E-state index contributed by atoms with van der Waals surface area (Å²) in [7, 11) is 0. The Kier molecular flexibility index (Phi) is 5.44. The normalized spacial score (nSPS) is 28.0. The number of hydrogen-bond acceptors (Lipinski definition) is 3. The van der Waals surface area contributed by atoms with Crippen LogP contribution in [0.2, 0.25) is 0 Å². The van der Waals surface area contributed by atoms with Crippen LogP contribution < -0.4 is 5.32 Å². The van der Waals surface area contributed by atoms with Crippen molar-refractivity contribution in [2.24, 2.45) is 11.8 Å². The molecule has 188 valence electrons. The van der Waals surface area contributed by atoms with Crippen LogP contribution in [-0.4, -0.2) is 28.7 Å². The number of carbonyl (C=O) groups excluding carboxylic acids is 3. The van der Waals surface area contributed by atoms with E-state index in [2.05, 4.69) is 21.2 Å². The van der Waals surface area contributed by atoms with Crippen LogP contribution in [0.3, 0.4) is 0 Å². The molecule has 0 radical (unpaired) electrons. The molecular weight excluding hydrogens is 575 g/mol. The fraction of sp³-hybridized carbons (Fsp3) is 0.276. The number of nitrogens with zero attached hydrogens (tertiary/aromatic N) is 1. The first-order valence-electron chi connectivity index (χ1n) is 12.1. The molecule has 2 bridgehead atoms. The SMILES string of the molecule is Cc1c(Br)ccc(NC(=O)[C@H](C)N2C(=O)[C@H]3[C@H](C2=O)C2(Cl)c4ccccc4C3(Cl)c3ccccc32)c1C. The molecule has 1 N–H and O–H groups in total. The molecule has 0 unspecified atom stereocenters. The number of likely N-dealkylation sites (tertiary alicyclic amines) is 1. The number of alkyl halides is 2. The lowest BCUT2D eigenvalue weighted by Gasteiger charge is -2.54. The van der Waals surface area contributed by atoms with Crippen LogP contribution in [0.1, 0.15) is 40.3 Å². The van der Waals surface area contributed by atoms with E-state index in [1.165, 1.54) is 0 Å². The molecule has 37 heavy (non-hydrogen) atoms. The Morgan fingerprint density at radius 2 is 1.27 bits per heavy atom. The van der Waals surface area contributed by atoms with Gasteiger partial charge in [0.05, 0.1) is 11.8 Å². The third-order valence-corrected chi connectivity index (χ3v) is 10.5. The zero-order chi connectivity index (χ0) is 26.4. The molecule has 0 saturated carbocycles. The van der Waals surface area contributed by atoms with Crippen LogP contribution in [0.15, 0.2) is 65.1 Å². The van der Waals surface area contributed by atoms with Crippen LogP contribution in [-0.2, 0) is 24.1 Å². The Labute approximate surface area is 233 Å². The minimum absolute atomic E-state index is 0.459. The van der Waals surface area contributed by atoms with Gasteiger partial charge in [0.2, 0.25) is 17.7 Å². The second-order valence-electron chi connectivity index (χ2n) is 10.0. The van der Waals surface area contributed by atoms with Crippen molar-refractivity contribution in [2.45, 2.75) is 36.6 Å². The number of carbonyl (C=O) groups is 3. The Morgan fingerprint density at radius 1 is 0.838 bits per heavy atom. The molecule has 3 atom stereocenters. The largest absolute Gasteiger partial charge is 0.324 e. The third-order valence-electron chi connectivity index (χ3n) is 8.37. The second kappa shape index (κ2) is 8.16. The summed E-state index contributed by atoms with van der Waals surface area (Å²) in [5.74, 6) is -3.29. The maximum Gasteiger partial charge on any atom is 0.247 e. The minimum atomic E-state index is -1.27. The third kappa shape index (κ3) is 3.01. The highest BCUT2D eigenvalue weighted by Gasteiger charge is 2.73. The number of halogens is 3. The Hall–Kier alpha value is -2.67. The first kappa shape index (κ1) is 24.7. The second-order valence-corrected chi connectivity index (χ2v) is 12.1. The first-order chi connectivity index (χ1) is 17.5. The van der Waals surface area contributed by atoms with Gasteiger partial charge in [0.15, 0.2) is 0 Å². The average Bonchev–Trinajstić information content (AvgIpc) is 3.18. The summed E-state index contributed by atoms with van der Waals surface area (Å²) in [5, 5.41) is 2.90. The van der Waals surface area contributed by atoms with E-state index < -0.39 is 45.3 Å². The number of hydrogen-bond donors (Lipinski definition) is 1. The fourth-order valence-electron chi connectivity index (χ4n) is 6.35. The number of imide groups is 1. The molecule has 7 rings (SSSR count). The number of anilines is 1. The van der Waals surface area contributed by atoms with Crippen molar-refractivity contribution in [3.05, 3.63) is 98.5 Å². The molecule has 4 aliphatic rings. The molecular formula is C29H23BrCl2N2O3. The average molecular weight is 598 g/mol. The van der Waals surface area contributed by atoms with Crippen LogP contribution in [0.4, 0.5) is 5.69 Å². The van der Waals surface area contributed by atoms with Gasteiger partial charge in [-0.05, 0) is 66.3 Å². The van der Waals surface area contributed by atoms with Gasteiger partial charge in [-0.2, -0.15) is 0 Å². The molecule has 8 heteroatoms. The summed E-state index contributed by atoms with van der Waals surface area (Å²) < 4.78 is 0.930. The monoisotopic (exact) mass is 596 g/mol. The predicted octanol–water partition coefficient (Wildman–Crippen LogP) is 5.99. The van der Waals surface area contributed by atoms with E-state index in [1.807, 2.05) is 68.4 Å². The van der Waals surface area contributed by atoms with Gasteiger partial charge in [0.1, 0.15) is 15.8 Å². The summed E-state index contributed by atoms with van der Waals surface area (Å²) >= 11 is 18.4. The lowest BCUT2D eigenvalue weighted by Crippen LogP contribution is -2.57. The number of benzene rings is 3. The van der Waals surface area contributed by atoms with E-state index in [4.69, 9.17) is 23.2 Å². The smallest absolute Gasteiger partial charge is 0.247 e. The molecule has 1 fully saturated rings. The van der Waals surface area contributed by atoms with Crippen molar-refractivity contribution in [1.29, 1.82) is 0 Å². The highest BCUT2D eigenvalue weighted by molar-refractivity contribution is 9.10. The van der Waals surface area contributed by atoms with Crippen LogP contribution in [0, 0.1) is 25.7 Å². The fourth-order valence-corrected chi connectivity index (χ4v) is 7.88. The number of amides is 3. The molecule has 3 aromatic carbocycles. The van der Waals surface area contributed by atoms with Crippen LogP contribution >= 0.6 is 39.1 Å². The van der Waals surface area contributed by atoms with E-state index in [1.54, 1.807) is 13.0 Å². The highest BCUT2D eigenvalue weighted by Crippen LogP contribution is 2.69. The Bertz CT molecular complexity index is 1420. The van der Waals surface area contributed by atoms with Gasteiger partial charge in [-0.1, -0.05) is 64.5 Å². The van der Waals surface area contributed by atoms with E-state index in [9.17, 15) is 14.4 Å². The zero-order valence-electron chi connectivity index (χ0n) is 20.3. The van der Waals surface area contributed by atoms with E-state index in [0.717, 1.165) is 42.8 Å². The molecule has 3 aliphatic carbocycles. The quantitative estimate of drug-likeness (QED) is 0.298. The van der Waals surface area contributed by atoms with Gasteiger partial charge < -0.3 is 5.32 Å². The topological polar surface area (TPSA) is 66.5 Å². The molecule has 3 aromatic rings. The van der Waals surface area contributed by atoms with E-state index in [-0.39, 0.29) is 0 Å². The van der Waals surface area contributed by atoms with Crippen molar-refractivity contribution in [3.8, 4) is 0 Å². The molecule has 3 amide bonds. The van der Waals surface area contributed by atoms with E-state index >= 15 is 0 Å². The maximum atomic E-state index is 14.0. The molecule has 1 heterocycles. The van der Waals surface area contributed by atoms with Crippen molar-refractivity contribution < 1.29 is 14.4 Å². The van der Waals surface area contributed by atoms with Crippen LogP contribution in [0.25, 0.3) is 0 Å². The number of rotatable bonds is 3. The van der Waals surface area contributed by atoms with Crippen molar-refractivity contribution in [2.75, 3.05) is 5.32 Å². The first-order valence-corrected chi connectivity index (χ1v) is 13.6. The molecule has 1 saturated heterocycles. The van der Waals surface area contributed by atoms with Crippen molar-refractivity contribution >= 4 is 62.5 Å².